The van der Waals surface area contributed by atoms with E-state index in [0.29, 0.717) is 0 Å². The Labute approximate surface area is 153 Å². The lowest BCUT2D eigenvalue weighted by molar-refractivity contribution is -0.0647. The first-order chi connectivity index (χ1) is 10.7. The van der Waals surface area contributed by atoms with Crippen molar-refractivity contribution in [2.45, 2.75) is 78.4 Å². The quantitative estimate of drug-likeness (QED) is 0.560. The molecular weight excluding hydrogens is 334 g/mol. The molecule has 0 radical (unpaired) electrons. The van der Waals surface area contributed by atoms with Gasteiger partial charge in [-0.2, -0.15) is 0 Å². The SMILES string of the molecule is CP1CCC(O)(C(C)(C)C)CC1.CP1CCC(O)(C(C)(C)C)CC1. The number of aliphatic hydroxyl groups is 2. The molecule has 0 atom stereocenters. The predicted molar refractivity (Wildman–Crippen MR) is 112 cm³/mol. The summed E-state index contributed by atoms with van der Waals surface area (Å²) in [6.45, 7) is 17.6. The molecule has 2 fully saturated rings. The normalized spacial score (nSPS) is 38.2. The third-order valence-corrected chi connectivity index (χ3v) is 10.4. The number of hydrogen-bond acceptors (Lipinski definition) is 2. The molecular formula is C20H42O2P2. The molecule has 0 unspecified atom stereocenters. The Bertz CT molecular complexity index is 341. The van der Waals surface area contributed by atoms with E-state index in [1.165, 1.54) is 24.6 Å². The van der Waals surface area contributed by atoms with Crippen LogP contribution in [0, 0.1) is 10.8 Å². The highest BCUT2D eigenvalue weighted by Gasteiger charge is 2.42. The lowest BCUT2D eigenvalue weighted by Crippen LogP contribution is -2.45. The molecule has 0 amide bonds. The second kappa shape index (κ2) is 8.21. The van der Waals surface area contributed by atoms with Crippen LogP contribution >= 0.6 is 15.8 Å². The van der Waals surface area contributed by atoms with E-state index in [1.807, 2.05) is 0 Å². The van der Waals surface area contributed by atoms with Gasteiger partial charge in [0.05, 0.1) is 11.2 Å². The van der Waals surface area contributed by atoms with Gasteiger partial charge < -0.3 is 10.2 Å². The van der Waals surface area contributed by atoms with Crippen molar-refractivity contribution in [3.8, 4) is 0 Å². The second-order valence-corrected chi connectivity index (χ2v) is 15.4. The van der Waals surface area contributed by atoms with Crippen LogP contribution in [0.2, 0.25) is 0 Å². The van der Waals surface area contributed by atoms with Gasteiger partial charge in [0.25, 0.3) is 0 Å². The van der Waals surface area contributed by atoms with Crippen LogP contribution in [-0.4, -0.2) is 59.4 Å². The predicted octanol–water partition coefficient (Wildman–Crippen LogP) is 5.34. The van der Waals surface area contributed by atoms with Crippen LogP contribution in [0.1, 0.15) is 67.2 Å². The fourth-order valence-electron chi connectivity index (χ4n) is 3.48. The highest BCUT2D eigenvalue weighted by molar-refractivity contribution is 7.57. The standard InChI is InChI=1S/2C10H21OP/c2*1-9(2,3)10(11)5-7-12(4)8-6-10/h2*11H,5-8H2,1-4H3. The Hall–Kier alpha value is 0.780. The van der Waals surface area contributed by atoms with Crippen molar-refractivity contribution in [2.75, 3.05) is 38.0 Å². The lowest BCUT2D eigenvalue weighted by atomic mass is 9.73. The maximum Gasteiger partial charge on any atom is 0.0702 e. The van der Waals surface area contributed by atoms with Gasteiger partial charge in [0.15, 0.2) is 0 Å². The van der Waals surface area contributed by atoms with Gasteiger partial charge in [-0.3, -0.25) is 0 Å². The molecule has 2 saturated heterocycles. The maximum atomic E-state index is 10.3. The third-order valence-electron chi connectivity index (χ3n) is 6.42. The third kappa shape index (κ3) is 5.90. The number of hydrogen-bond donors (Lipinski definition) is 2. The van der Waals surface area contributed by atoms with Crippen LogP contribution in [0.25, 0.3) is 0 Å². The molecule has 144 valence electrons. The van der Waals surface area contributed by atoms with Gasteiger partial charge in [-0.1, -0.05) is 41.5 Å². The molecule has 0 spiro atoms. The van der Waals surface area contributed by atoms with E-state index in [1.54, 1.807) is 0 Å². The van der Waals surface area contributed by atoms with Crippen molar-refractivity contribution in [2.24, 2.45) is 10.8 Å². The molecule has 0 aromatic heterocycles. The van der Waals surface area contributed by atoms with Crippen molar-refractivity contribution in [3.63, 3.8) is 0 Å². The van der Waals surface area contributed by atoms with E-state index < -0.39 is 0 Å². The fourth-order valence-corrected chi connectivity index (χ4v) is 6.93. The zero-order valence-electron chi connectivity index (χ0n) is 17.4. The summed E-state index contributed by atoms with van der Waals surface area (Å²) in [6.07, 6.45) is 9.06. The van der Waals surface area contributed by atoms with E-state index in [0.717, 1.165) is 25.7 Å². The topological polar surface area (TPSA) is 40.5 Å². The summed E-state index contributed by atoms with van der Waals surface area (Å²) in [6, 6.07) is 0. The first-order valence-electron chi connectivity index (χ1n) is 9.52. The fraction of sp³-hybridized carbons (Fsp3) is 1.00. The molecule has 24 heavy (non-hydrogen) atoms. The average molecular weight is 377 g/mol. The van der Waals surface area contributed by atoms with E-state index >= 15 is 0 Å². The van der Waals surface area contributed by atoms with Crippen molar-refractivity contribution in [1.29, 1.82) is 0 Å². The van der Waals surface area contributed by atoms with Crippen molar-refractivity contribution >= 4 is 15.8 Å². The summed E-state index contributed by atoms with van der Waals surface area (Å²) >= 11 is 0. The van der Waals surface area contributed by atoms with Crippen molar-refractivity contribution < 1.29 is 10.2 Å². The zero-order valence-corrected chi connectivity index (χ0v) is 19.2. The van der Waals surface area contributed by atoms with Crippen LogP contribution in [0.5, 0.6) is 0 Å². The van der Waals surface area contributed by atoms with Gasteiger partial charge in [-0.25, -0.2) is 0 Å². The molecule has 0 saturated carbocycles. The highest BCUT2D eigenvalue weighted by atomic mass is 31.1. The van der Waals surface area contributed by atoms with Crippen molar-refractivity contribution in [1.82, 2.24) is 0 Å². The van der Waals surface area contributed by atoms with Gasteiger partial charge in [0, 0.05) is 0 Å². The maximum absolute atomic E-state index is 10.3. The molecule has 0 aromatic carbocycles. The highest BCUT2D eigenvalue weighted by Crippen LogP contribution is 2.49. The Kier molecular flexibility index (Phi) is 7.80. The number of rotatable bonds is 0. The lowest BCUT2D eigenvalue weighted by Gasteiger charge is -2.44. The van der Waals surface area contributed by atoms with Gasteiger partial charge in [-0.05, 0) is 74.5 Å². The summed E-state index contributed by atoms with van der Waals surface area (Å²) < 4.78 is 0. The molecule has 2 nitrogen and oxygen atoms in total. The Balaban J connectivity index is 0.000000240. The molecule has 0 bridgehead atoms. The van der Waals surface area contributed by atoms with Gasteiger partial charge >= 0.3 is 0 Å². The average Bonchev–Trinajstić information content (AvgIpc) is 2.44. The minimum atomic E-state index is -0.387. The van der Waals surface area contributed by atoms with Crippen molar-refractivity contribution in [3.05, 3.63) is 0 Å². The zero-order chi connectivity index (χ0) is 18.8. The minimum Gasteiger partial charge on any atom is -0.389 e. The molecule has 4 heteroatoms. The molecule has 0 aliphatic carbocycles. The van der Waals surface area contributed by atoms with Crippen LogP contribution in [0.3, 0.4) is 0 Å². The van der Waals surface area contributed by atoms with Gasteiger partial charge in [0.2, 0.25) is 0 Å². The monoisotopic (exact) mass is 376 g/mol. The minimum absolute atomic E-state index is 0.0591. The Morgan fingerprint density at radius 2 is 0.792 bits per heavy atom. The van der Waals surface area contributed by atoms with Crippen LogP contribution in [-0.2, 0) is 0 Å². The second-order valence-electron chi connectivity index (χ2n) is 10.2. The van der Waals surface area contributed by atoms with E-state index in [2.05, 4.69) is 54.9 Å². The van der Waals surface area contributed by atoms with Crippen LogP contribution < -0.4 is 0 Å². The summed E-state index contributed by atoms with van der Waals surface area (Å²) in [5.41, 5.74) is -0.656. The molecule has 2 rings (SSSR count). The molecule has 0 aromatic rings. The van der Waals surface area contributed by atoms with E-state index in [9.17, 15) is 10.2 Å². The largest absolute Gasteiger partial charge is 0.389 e. The van der Waals surface area contributed by atoms with E-state index in [-0.39, 0.29) is 37.9 Å². The molecule has 2 aliphatic heterocycles. The molecule has 2 N–H and O–H groups in total. The summed E-state index contributed by atoms with van der Waals surface area (Å²) in [7, 11) is 0.485. The van der Waals surface area contributed by atoms with Crippen LogP contribution in [0.4, 0.5) is 0 Å². The van der Waals surface area contributed by atoms with Gasteiger partial charge in [-0.15, -0.1) is 15.8 Å². The summed E-state index contributed by atoms with van der Waals surface area (Å²) in [5.74, 6) is 0. The molecule has 2 aliphatic rings. The smallest absolute Gasteiger partial charge is 0.0702 e. The summed E-state index contributed by atoms with van der Waals surface area (Å²) in [4.78, 5) is 0. The Morgan fingerprint density at radius 3 is 0.958 bits per heavy atom. The van der Waals surface area contributed by atoms with Gasteiger partial charge in [0.1, 0.15) is 0 Å². The Morgan fingerprint density at radius 1 is 0.583 bits per heavy atom. The van der Waals surface area contributed by atoms with E-state index in [4.69, 9.17) is 0 Å². The van der Waals surface area contributed by atoms with Crippen LogP contribution in [0.15, 0.2) is 0 Å². The summed E-state index contributed by atoms with van der Waals surface area (Å²) in [5, 5.41) is 20.7. The first-order valence-corrected chi connectivity index (χ1v) is 13.8. The first kappa shape index (κ1) is 22.8. The molecule has 2 heterocycles.